The van der Waals surface area contributed by atoms with Crippen molar-refractivity contribution in [1.29, 1.82) is 0 Å². The third-order valence-corrected chi connectivity index (χ3v) is 8.17. The van der Waals surface area contributed by atoms with Crippen LogP contribution in [-0.2, 0) is 22.4 Å². The number of anilines is 1. The van der Waals surface area contributed by atoms with Gasteiger partial charge in [-0.1, -0.05) is 6.07 Å². The Morgan fingerprint density at radius 2 is 1.86 bits per heavy atom. The van der Waals surface area contributed by atoms with Gasteiger partial charge in [0.05, 0.1) is 38.1 Å². The van der Waals surface area contributed by atoms with E-state index in [1.165, 1.54) is 6.92 Å². The number of methoxy groups -OCH3 is 3. The largest absolute Gasteiger partial charge is 0.493 e. The van der Waals surface area contributed by atoms with Crippen LogP contribution in [0.1, 0.15) is 54.1 Å². The van der Waals surface area contributed by atoms with Crippen molar-refractivity contribution in [2.75, 3.05) is 39.7 Å². The second kappa shape index (κ2) is 14.2. The number of amides is 2. The molecule has 0 unspecified atom stereocenters. The number of fused-ring (bicyclic) bond motifs is 3. The lowest BCUT2D eigenvalue weighted by atomic mass is 9.95. The molecule has 1 heterocycles. The second-order valence-electron chi connectivity index (χ2n) is 10.1. The van der Waals surface area contributed by atoms with Gasteiger partial charge in [0.2, 0.25) is 23.0 Å². The van der Waals surface area contributed by atoms with Crippen LogP contribution >= 0.6 is 11.3 Å². The van der Waals surface area contributed by atoms with E-state index in [2.05, 4.69) is 20.9 Å². The van der Waals surface area contributed by atoms with Gasteiger partial charge in [0.1, 0.15) is 0 Å². The number of hydrogen-bond donors (Lipinski definition) is 3. The van der Waals surface area contributed by atoms with Gasteiger partial charge in [-0.3, -0.25) is 14.4 Å². The molecule has 0 aliphatic heterocycles. The first-order chi connectivity index (χ1) is 20.2. The Labute approximate surface area is 249 Å². The minimum Gasteiger partial charge on any atom is -0.493 e. The molecule has 224 valence electrons. The number of benzene rings is 1. The predicted octanol–water partition coefficient (Wildman–Crippen LogP) is 4.18. The van der Waals surface area contributed by atoms with Crippen LogP contribution in [0.15, 0.2) is 34.4 Å². The first-order valence-corrected chi connectivity index (χ1v) is 14.8. The summed E-state index contributed by atoms with van der Waals surface area (Å²) in [6, 6.07) is 6.74. The van der Waals surface area contributed by atoms with Crippen molar-refractivity contribution in [2.45, 2.75) is 52.0 Å². The Balaban J connectivity index is 1.55. The molecule has 11 heteroatoms. The van der Waals surface area contributed by atoms with E-state index in [-0.39, 0.29) is 23.3 Å². The maximum Gasteiger partial charge on any atom is 0.220 e. The van der Waals surface area contributed by atoms with Gasteiger partial charge in [0.15, 0.2) is 11.5 Å². The van der Waals surface area contributed by atoms with Gasteiger partial charge in [-0.05, 0) is 61.1 Å². The zero-order valence-corrected chi connectivity index (χ0v) is 25.5. The van der Waals surface area contributed by atoms with E-state index < -0.39 is 0 Å². The van der Waals surface area contributed by atoms with Crippen molar-refractivity contribution >= 4 is 28.8 Å². The number of carbonyl (C=O) groups excluding carboxylic acids is 2. The van der Waals surface area contributed by atoms with Crippen LogP contribution in [0.25, 0.3) is 11.1 Å². The third kappa shape index (κ3) is 7.20. The Morgan fingerprint density at radius 1 is 1.07 bits per heavy atom. The Hall–Kier alpha value is -4.12. The highest BCUT2D eigenvalue weighted by molar-refractivity contribution is 7.09. The first kappa shape index (κ1) is 30.8. The van der Waals surface area contributed by atoms with E-state index in [0.717, 1.165) is 27.4 Å². The number of aromatic nitrogens is 1. The molecule has 0 radical (unpaired) electrons. The van der Waals surface area contributed by atoms with Gasteiger partial charge in [-0.15, -0.1) is 11.3 Å². The zero-order valence-electron chi connectivity index (χ0n) is 24.7. The number of nitrogens with zero attached hydrogens (tertiary/aromatic N) is 1. The van der Waals surface area contributed by atoms with Gasteiger partial charge in [0, 0.05) is 49.5 Å². The van der Waals surface area contributed by atoms with Crippen molar-refractivity contribution in [3.8, 4) is 28.4 Å². The molecule has 1 aromatic heterocycles. The lowest BCUT2D eigenvalue weighted by Crippen LogP contribution is -2.26. The fourth-order valence-corrected chi connectivity index (χ4v) is 6.02. The van der Waals surface area contributed by atoms with E-state index in [0.29, 0.717) is 73.7 Å². The fraction of sp³-hybridized carbons (Fsp3) is 0.419. The number of hydrogen-bond acceptors (Lipinski definition) is 9. The van der Waals surface area contributed by atoms with Crippen molar-refractivity contribution < 1.29 is 23.8 Å². The monoisotopic (exact) mass is 594 g/mol. The third-order valence-electron chi connectivity index (χ3n) is 7.14. The molecule has 10 nitrogen and oxygen atoms in total. The van der Waals surface area contributed by atoms with Gasteiger partial charge in [0.25, 0.3) is 0 Å². The summed E-state index contributed by atoms with van der Waals surface area (Å²) in [5, 5.41) is 12.1. The summed E-state index contributed by atoms with van der Waals surface area (Å²) in [6.45, 7) is 4.41. The van der Waals surface area contributed by atoms with Crippen molar-refractivity contribution in [2.24, 2.45) is 0 Å². The van der Waals surface area contributed by atoms with E-state index in [4.69, 9.17) is 14.2 Å². The molecule has 3 aromatic rings. The molecule has 42 heavy (non-hydrogen) atoms. The maximum absolute atomic E-state index is 13.4. The molecule has 3 N–H and O–H groups in total. The van der Waals surface area contributed by atoms with Crippen LogP contribution in [0, 0.1) is 6.92 Å². The van der Waals surface area contributed by atoms with Gasteiger partial charge < -0.3 is 30.2 Å². The van der Waals surface area contributed by atoms with Crippen molar-refractivity contribution in [1.82, 2.24) is 15.6 Å². The molecule has 1 aliphatic rings. The summed E-state index contributed by atoms with van der Waals surface area (Å²) in [5.41, 5.74) is 4.40. The van der Waals surface area contributed by atoms with Crippen molar-refractivity contribution in [3.05, 3.63) is 61.7 Å². The van der Waals surface area contributed by atoms with Crippen LogP contribution in [-0.4, -0.2) is 51.2 Å². The molecule has 2 amide bonds. The van der Waals surface area contributed by atoms with Gasteiger partial charge >= 0.3 is 0 Å². The number of carbonyl (C=O) groups is 2. The van der Waals surface area contributed by atoms with Gasteiger partial charge in [-0.25, -0.2) is 4.98 Å². The normalized spacial score (nSPS) is 13.7. The zero-order chi connectivity index (χ0) is 30.2. The summed E-state index contributed by atoms with van der Waals surface area (Å²) < 4.78 is 17.0. The number of ether oxygens (including phenoxy) is 3. The predicted molar refractivity (Wildman–Crippen MR) is 164 cm³/mol. The molecule has 0 saturated heterocycles. The standard InChI is InChI=1S/C31H38N4O6S/c1-18-17-42-28(34-18)12-14-33-27(38)7-6-13-32-24-11-9-21-22(16-25(24)37)23(35-19(2)36)10-8-20-15-26(39-3)30(40-4)31(41-5)29(20)21/h9,11,15-17,23H,6-8,10,12-14H2,1-5H3,(H,32,37)(H,33,38)(H,35,36)/t23-/m0/s1. The van der Waals surface area contributed by atoms with Crippen LogP contribution < -0.4 is 35.6 Å². The minimum absolute atomic E-state index is 0.0380. The van der Waals surface area contributed by atoms with E-state index in [9.17, 15) is 14.4 Å². The minimum atomic E-state index is -0.378. The first-order valence-electron chi connectivity index (χ1n) is 13.9. The van der Waals surface area contributed by atoms with Crippen LogP contribution in [0.3, 0.4) is 0 Å². The highest BCUT2D eigenvalue weighted by Crippen LogP contribution is 2.50. The molecule has 0 spiro atoms. The van der Waals surface area contributed by atoms with E-state index in [1.54, 1.807) is 44.8 Å². The molecule has 4 rings (SSSR count). The molecule has 0 fully saturated rings. The Kier molecular flexibility index (Phi) is 10.4. The number of thiazole rings is 1. The van der Waals surface area contributed by atoms with Gasteiger partial charge in [-0.2, -0.15) is 0 Å². The molecule has 1 atom stereocenters. The average Bonchev–Trinajstić information content (AvgIpc) is 3.24. The number of rotatable bonds is 12. The fourth-order valence-electron chi connectivity index (χ4n) is 5.24. The molecule has 0 bridgehead atoms. The summed E-state index contributed by atoms with van der Waals surface area (Å²) in [4.78, 5) is 42.2. The lowest BCUT2D eigenvalue weighted by molar-refractivity contribution is -0.121. The summed E-state index contributed by atoms with van der Waals surface area (Å²) in [7, 11) is 4.69. The van der Waals surface area contributed by atoms with Crippen LogP contribution in [0.2, 0.25) is 0 Å². The SMILES string of the molecule is COc1cc2c(c(OC)c1OC)-c1ccc(NCCCC(=O)NCCc3nc(C)cs3)c(=O)cc1[C@@H](NC(C)=O)CC2. The summed E-state index contributed by atoms with van der Waals surface area (Å²) in [6.07, 6.45) is 2.81. The highest BCUT2D eigenvalue weighted by atomic mass is 32.1. The van der Waals surface area contributed by atoms with E-state index in [1.807, 2.05) is 24.4 Å². The number of nitrogens with one attached hydrogen (secondary N) is 3. The second-order valence-corrected chi connectivity index (χ2v) is 11.1. The molecule has 2 aromatic carbocycles. The molecular weight excluding hydrogens is 556 g/mol. The maximum atomic E-state index is 13.4. The summed E-state index contributed by atoms with van der Waals surface area (Å²) >= 11 is 1.59. The molecular formula is C31H38N4O6S. The highest BCUT2D eigenvalue weighted by Gasteiger charge is 2.29. The summed E-state index contributed by atoms with van der Waals surface area (Å²) in [5.74, 6) is 1.28. The van der Waals surface area contributed by atoms with Crippen LogP contribution in [0.4, 0.5) is 5.69 Å². The van der Waals surface area contributed by atoms with E-state index >= 15 is 0 Å². The topological polar surface area (TPSA) is 128 Å². The Morgan fingerprint density at radius 3 is 2.52 bits per heavy atom. The Bertz CT molecular complexity index is 1510. The lowest BCUT2D eigenvalue weighted by Gasteiger charge is -2.19. The van der Waals surface area contributed by atoms with Crippen molar-refractivity contribution in [3.63, 3.8) is 0 Å². The van der Waals surface area contributed by atoms with Crippen LogP contribution in [0.5, 0.6) is 17.2 Å². The quantitative estimate of drug-likeness (QED) is 0.267. The average molecular weight is 595 g/mol. The number of aryl methyl sites for hydroxylation is 2. The molecule has 1 aliphatic carbocycles. The smallest absolute Gasteiger partial charge is 0.220 e. The molecule has 0 saturated carbocycles.